The van der Waals surface area contributed by atoms with E-state index in [2.05, 4.69) is 15.6 Å². The van der Waals surface area contributed by atoms with Crippen LogP contribution in [0.2, 0.25) is 0 Å². The summed E-state index contributed by atoms with van der Waals surface area (Å²) in [4.78, 5) is 22.4. The number of aliphatic hydroxyl groups is 1. The van der Waals surface area contributed by atoms with Gasteiger partial charge in [0.05, 0.1) is 29.5 Å². The van der Waals surface area contributed by atoms with Gasteiger partial charge in [0.2, 0.25) is 5.95 Å². The second-order valence-corrected chi connectivity index (χ2v) is 10.2. The maximum absolute atomic E-state index is 13.2. The first-order valence-corrected chi connectivity index (χ1v) is 11.3. The first-order valence-electron chi connectivity index (χ1n) is 11.3. The normalized spacial score (nSPS) is 40.2. The lowest BCUT2D eigenvalue weighted by Gasteiger charge is -2.58. The quantitative estimate of drug-likeness (QED) is 0.704. The van der Waals surface area contributed by atoms with Crippen molar-refractivity contribution in [1.29, 1.82) is 0 Å². The third kappa shape index (κ3) is 3.32. The number of rotatable bonds is 5. The first kappa shape index (κ1) is 18.1. The molecule has 2 heterocycles. The molecule has 4 bridgehead atoms. The minimum absolute atomic E-state index is 0.0351. The lowest BCUT2D eigenvalue weighted by molar-refractivity contribution is -0.136. The maximum Gasteiger partial charge on any atom is 0.254 e. The van der Waals surface area contributed by atoms with E-state index in [1.165, 1.54) is 0 Å². The van der Waals surface area contributed by atoms with Crippen LogP contribution in [-0.2, 0) is 4.74 Å². The van der Waals surface area contributed by atoms with E-state index in [0.717, 1.165) is 63.7 Å². The Kier molecular flexibility index (Phi) is 4.14. The summed E-state index contributed by atoms with van der Waals surface area (Å²) in [5.74, 6) is 2.40. The van der Waals surface area contributed by atoms with Gasteiger partial charge in [0, 0.05) is 24.8 Å². The molecule has 7 rings (SSSR count). The fourth-order valence-corrected chi connectivity index (χ4v) is 6.58. The molecule has 6 aliphatic rings. The summed E-state index contributed by atoms with van der Waals surface area (Å²) in [7, 11) is 0. The predicted molar refractivity (Wildman–Crippen MR) is 107 cm³/mol. The first-order chi connectivity index (χ1) is 14.1. The van der Waals surface area contributed by atoms with Crippen molar-refractivity contribution < 1.29 is 14.6 Å². The van der Waals surface area contributed by atoms with Gasteiger partial charge in [-0.2, -0.15) is 0 Å². The summed E-state index contributed by atoms with van der Waals surface area (Å²) in [6.07, 6.45) is 9.76. The molecule has 0 spiro atoms. The molecule has 6 fully saturated rings. The molecule has 1 saturated heterocycles. The number of anilines is 1. The summed E-state index contributed by atoms with van der Waals surface area (Å²) in [6, 6.07) is 0.431. The second-order valence-electron chi connectivity index (χ2n) is 10.2. The fourth-order valence-electron chi connectivity index (χ4n) is 6.58. The zero-order valence-corrected chi connectivity index (χ0v) is 16.8. The van der Waals surface area contributed by atoms with Gasteiger partial charge in [-0.1, -0.05) is 0 Å². The summed E-state index contributed by atoms with van der Waals surface area (Å²) >= 11 is 0. The van der Waals surface area contributed by atoms with E-state index in [1.54, 1.807) is 6.20 Å². The number of hydrogen-bond donors (Lipinski definition) is 3. The van der Waals surface area contributed by atoms with Crippen LogP contribution >= 0.6 is 0 Å². The summed E-state index contributed by atoms with van der Waals surface area (Å²) < 4.78 is 5.42. The molecular formula is C22H30N4O3. The highest BCUT2D eigenvalue weighted by Crippen LogP contribution is 2.55. The van der Waals surface area contributed by atoms with Crippen molar-refractivity contribution in [3.05, 3.63) is 17.5 Å². The van der Waals surface area contributed by atoms with Crippen LogP contribution in [0.5, 0.6) is 0 Å². The zero-order chi connectivity index (χ0) is 19.6. The molecule has 2 unspecified atom stereocenters. The summed E-state index contributed by atoms with van der Waals surface area (Å²) in [6.45, 7) is 1.45. The van der Waals surface area contributed by atoms with E-state index < -0.39 is 5.60 Å². The molecule has 3 N–H and O–H groups in total. The largest absolute Gasteiger partial charge is 0.390 e. The Hall–Kier alpha value is -1.73. The number of carbonyl (C=O) groups excluding carboxylic acids is 1. The van der Waals surface area contributed by atoms with Crippen LogP contribution in [0.1, 0.15) is 73.3 Å². The molecule has 1 amide bonds. The third-order valence-electron chi connectivity index (χ3n) is 7.83. The van der Waals surface area contributed by atoms with E-state index in [1.807, 2.05) is 0 Å². The number of amides is 1. The van der Waals surface area contributed by atoms with E-state index >= 15 is 0 Å². The zero-order valence-electron chi connectivity index (χ0n) is 16.8. The number of nitrogens with one attached hydrogen (secondary N) is 2. The van der Waals surface area contributed by atoms with Crippen LogP contribution in [0, 0.1) is 17.8 Å². The van der Waals surface area contributed by atoms with Gasteiger partial charge in [0.1, 0.15) is 0 Å². The van der Waals surface area contributed by atoms with E-state index in [-0.39, 0.29) is 18.0 Å². The molecule has 29 heavy (non-hydrogen) atoms. The van der Waals surface area contributed by atoms with Crippen molar-refractivity contribution in [1.82, 2.24) is 15.3 Å². The van der Waals surface area contributed by atoms with Crippen molar-refractivity contribution in [2.75, 3.05) is 18.5 Å². The number of nitrogens with zero attached hydrogens (tertiary/aromatic N) is 2. The Labute approximate surface area is 171 Å². The predicted octanol–water partition coefficient (Wildman–Crippen LogP) is 2.22. The highest BCUT2D eigenvalue weighted by molar-refractivity contribution is 5.95. The molecule has 5 aliphatic carbocycles. The Morgan fingerprint density at radius 3 is 2.62 bits per heavy atom. The van der Waals surface area contributed by atoms with Crippen LogP contribution in [0.15, 0.2) is 6.20 Å². The Morgan fingerprint density at radius 1 is 1.17 bits per heavy atom. The van der Waals surface area contributed by atoms with Crippen molar-refractivity contribution in [3.63, 3.8) is 0 Å². The van der Waals surface area contributed by atoms with Gasteiger partial charge in [-0.15, -0.1) is 0 Å². The van der Waals surface area contributed by atoms with Gasteiger partial charge < -0.3 is 20.5 Å². The van der Waals surface area contributed by atoms with E-state index in [4.69, 9.17) is 9.72 Å². The molecule has 1 aliphatic heterocycles. The van der Waals surface area contributed by atoms with Gasteiger partial charge in [0.15, 0.2) is 0 Å². The molecule has 3 atom stereocenters. The lowest BCUT2D eigenvalue weighted by atomic mass is 9.52. The molecule has 7 heteroatoms. The monoisotopic (exact) mass is 398 g/mol. The Morgan fingerprint density at radius 2 is 1.97 bits per heavy atom. The van der Waals surface area contributed by atoms with Crippen LogP contribution < -0.4 is 10.6 Å². The standard InChI is InChI=1S/C22H30N4O3/c27-20(25-18-14-5-12-6-15(18)9-22(28,7-12)8-14)17-10-23-21(24-16-3-4-29-11-16)26-19(17)13-1-2-13/h10,12-16,18,28H,1-9,11H2,(H,25,27)(H,23,24,26)/t12?,14?,15?,16-,18?,22?/m0/s1. The molecule has 0 aromatic carbocycles. The molecule has 1 aromatic rings. The second kappa shape index (κ2) is 6.64. The SMILES string of the molecule is O=C(NC1C2CC3CC1CC(O)(C3)C2)c1cnc(N[C@H]2CCOC2)nc1C1CC1. The average Bonchev–Trinajstić information content (AvgIpc) is 3.40. The number of hydrogen-bond acceptors (Lipinski definition) is 6. The van der Waals surface area contributed by atoms with Crippen LogP contribution in [0.4, 0.5) is 5.95 Å². The van der Waals surface area contributed by atoms with Crippen molar-refractivity contribution in [3.8, 4) is 0 Å². The summed E-state index contributed by atoms with van der Waals surface area (Å²) in [5, 5.41) is 17.5. The molecule has 0 radical (unpaired) electrons. The van der Waals surface area contributed by atoms with Crippen molar-refractivity contribution >= 4 is 11.9 Å². The minimum Gasteiger partial charge on any atom is -0.390 e. The summed E-state index contributed by atoms with van der Waals surface area (Å²) in [5.41, 5.74) is 1.05. The van der Waals surface area contributed by atoms with Gasteiger partial charge in [0.25, 0.3) is 5.91 Å². The molecule has 156 valence electrons. The van der Waals surface area contributed by atoms with E-state index in [0.29, 0.717) is 41.8 Å². The number of carbonyl (C=O) groups is 1. The third-order valence-corrected chi connectivity index (χ3v) is 7.83. The van der Waals surface area contributed by atoms with Gasteiger partial charge >= 0.3 is 0 Å². The Balaban J connectivity index is 1.20. The number of aromatic nitrogens is 2. The average molecular weight is 399 g/mol. The molecule has 1 aromatic heterocycles. The fraction of sp³-hybridized carbons (Fsp3) is 0.773. The lowest BCUT2D eigenvalue weighted by Crippen LogP contribution is -2.61. The molecular weight excluding hydrogens is 368 g/mol. The van der Waals surface area contributed by atoms with Crippen molar-refractivity contribution in [2.45, 2.75) is 75.0 Å². The van der Waals surface area contributed by atoms with Crippen LogP contribution in [0.25, 0.3) is 0 Å². The molecule has 5 saturated carbocycles. The Bertz CT molecular complexity index is 804. The highest BCUT2D eigenvalue weighted by atomic mass is 16.5. The van der Waals surface area contributed by atoms with Gasteiger partial charge in [-0.25, -0.2) is 9.97 Å². The smallest absolute Gasteiger partial charge is 0.254 e. The van der Waals surface area contributed by atoms with Crippen molar-refractivity contribution in [2.24, 2.45) is 17.8 Å². The topological polar surface area (TPSA) is 96.4 Å². The van der Waals surface area contributed by atoms with E-state index in [9.17, 15) is 9.90 Å². The van der Waals surface area contributed by atoms with Crippen LogP contribution in [-0.4, -0.2) is 51.9 Å². The van der Waals surface area contributed by atoms with Gasteiger partial charge in [-0.3, -0.25) is 4.79 Å². The highest BCUT2D eigenvalue weighted by Gasteiger charge is 2.55. The number of ether oxygens (including phenoxy) is 1. The minimum atomic E-state index is -0.475. The molecule has 7 nitrogen and oxygen atoms in total. The maximum atomic E-state index is 13.2. The van der Waals surface area contributed by atoms with Gasteiger partial charge in [-0.05, 0) is 69.1 Å². The van der Waals surface area contributed by atoms with Crippen LogP contribution in [0.3, 0.4) is 0 Å².